The van der Waals surface area contributed by atoms with Crippen LogP contribution in [0.15, 0.2) is 36.4 Å². The number of amides is 1. The van der Waals surface area contributed by atoms with Crippen molar-refractivity contribution in [1.29, 1.82) is 0 Å². The summed E-state index contributed by atoms with van der Waals surface area (Å²) in [6.07, 6.45) is 0. The van der Waals surface area contributed by atoms with Gasteiger partial charge in [-0.25, -0.2) is 14.7 Å². The zero-order valence-corrected chi connectivity index (χ0v) is 11.5. The summed E-state index contributed by atoms with van der Waals surface area (Å²) < 4.78 is 26.7. The van der Waals surface area contributed by atoms with Crippen molar-refractivity contribution in [2.45, 2.75) is 0 Å². The van der Waals surface area contributed by atoms with Gasteiger partial charge in [-0.05, 0) is 29.8 Å². The molecular formula is C15H14F2N2O3. The second kappa shape index (κ2) is 6.97. The number of phenolic OH excluding ortho intramolecular Hbond substituents is 1. The van der Waals surface area contributed by atoms with Crippen molar-refractivity contribution in [3.05, 3.63) is 53.6 Å². The smallest absolute Gasteiger partial charge is 0.255 e. The van der Waals surface area contributed by atoms with Gasteiger partial charge in [-0.1, -0.05) is 6.07 Å². The van der Waals surface area contributed by atoms with E-state index < -0.39 is 17.5 Å². The van der Waals surface area contributed by atoms with Gasteiger partial charge in [0.2, 0.25) is 0 Å². The first kappa shape index (κ1) is 15.9. The molecule has 22 heavy (non-hydrogen) atoms. The highest BCUT2D eigenvalue weighted by atomic mass is 19.1. The number of benzene rings is 2. The van der Waals surface area contributed by atoms with Gasteiger partial charge in [0.05, 0.1) is 12.2 Å². The summed E-state index contributed by atoms with van der Waals surface area (Å²) in [6.45, 7) is 0.267. The molecule has 0 aliphatic heterocycles. The van der Waals surface area contributed by atoms with E-state index in [1.807, 2.05) is 0 Å². The molecule has 0 unspecified atom stereocenters. The highest BCUT2D eigenvalue weighted by molar-refractivity contribution is 5.98. The molecule has 0 saturated heterocycles. The van der Waals surface area contributed by atoms with Gasteiger partial charge in [0.15, 0.2) is 0 Å². The Labute approximate surface area is 125 Å². The lowest BCUT2D eigenvalue weighted by Crippen LogP contribution is -2.28. The van der Waals surface area contributed by atoms with Gasteiger partial charge in [-0.2, -0.15) is 0 Å². The molecular weight excluding hydrogens is 294 g/mol. The third-order valence-corrected chi connectivity index (χ3v) is 2.99. The zero-order valence-electron chi connectivity index (χ0n) is 11.5. The summed E-state index contributed by atoms with van der Waals surface area (Å²) in [5.41, 5.74) is 0.439. The van der Waals surface area contributed by atoms with Crippen molar-refractivity contribution < 1.29 is 23.5 Å². The summed E-state index contributed by atoms with van der Waals surface area (Å²) in [7, 11) is 0. The quantitative estimate of drug-likeness (QED) is 0.582. The first-order valence-corrected chi connectivity index (χ1v) is 6.41. The summed E-state index contributed by atoms with van der Waals surface area (Å²) in [4.78, 5) is 16.3. The Morgan fingerprint density at radius 3 is 2.68 bits per heavy atom. The van der Waals surface area contributed by atoms with Crippen molar-refractivity contribution in [1.82, 2.24) is 5.32 Å². The second-order valence-corrected chi connectivity index (χ2v) is 4.48. The average Bonchev–Trinajstić information content (AvgIpc) is 2.48. The van der Waals surface area contributed by atoms with E-state index in [4.69, 9.17) is 5.90 Å². The Morgan fingerprint density at radius 2 is 2.00 bits per heavy atom. The molecule has 4 N–H and O–H groups in total. The number of hydrogen-bond donors (Lipinski definition) is 3. The minimum atomic E-state index is -0.756. The Balaban J connectivity index is 2.32. The standard InChI is InChI=1S/C15H14F2N2O3/c16-10-2-3-11(13(17)8-10)9-1-4-14(20)12(7-9)15(21)19-5-6-22-18/h1-4,7-8,20H,5-6,18H2,(H,19,21). The molecule has 116 valence electrons. The Bertz CT molecular complexity index is 692. The number of nitrogens with two attached hydrogens (primary N) is 1. The van der Waals surface area contributed by atoms with Crippen LogP contribution in [0, 0.1) is 11.6 Å². The van der Waals surface area contributed by atoms with Gasteiger partial charge < -0.3 is 15.3 Å². The summed E-state index contributed by atoms with van der Waals surface area (Å²) in [5.74, 6) is 2.58. The van der Waals surface area contributed by atoms with E-state index in [9.17, 15) is 18.7 Å². The monoisotopic (exact) mass is 308 g/mol. The molecule has 0 heterocycles. The fourth-order valence-corrected chi connectivity index (χ4v) is 1.93. The molecule has 0 aromatic heterocycles. The molecule has 2 aromatic rings. The molecule has 0 fully saturated rings. The lowest BCUT2D eigenvalue weighted by atomic mass is 10.0. The number of phenols is 1. The molecule has 0 aliphatic rings. The minimum Gasteiger partial charge on any atom is -0.507 e. The number of hydrogen-bond acceptors (Lipinski definition) is 4. The van der Waals surface area contributed by atoms with E-state index in [1.165, 1.54) is 24.3 Å². The van der Waals surface area contributed by atoms with Crippen LogP contribution in [0.2, 0.25) is 0 Å². The normalized spacial score (nSPS) is 10.5. The molecule has 7 heteroatoms. The van der Waals surface area contributed by atoms with Crippen molar-refractivity contribution in [3.63, 3.8) is 0 Å². The number of aromatic hydroxyl groups is 1. The molecule has 1 amide bonds. The molecule has 0 spiro atoms. The van der Waals surface area contributed by atoms with Crippen LogP contribution in [0.3, 0.4) is 0 Å². The first-order valence-electron chi connectivity index (χ1n) is 6.41. The fraction of sp³-hybridized carbons (Fsp3) is 0.133. The predicted octanol–water partition coefficient (Wildman–Crippen LogP) is 1.96. The summed E-state index contributed by atoms with van der Waals surface area (Å²) in [6, 6.07) is 7.16. The Morgan fingerprint density at radius 1 is 1.23 bits per heavy atom. The molecule has 0 atom stereocenters. The zero-order chi connectivity index (χ0) is 16.1. The third-order valence-electron chi connectivity index (χ3n) is 2.99. The minimum absolute atomic E-state index is 0.0294. The lowest BCUT2D eigenvalue weighted by molar-refractivity contribution is 0.0914. The van der Waals surface area contributed by atoms with Crippen molar-refractivity contribution in [2.24, 2.45) is 5.90 Å². The topological polar surface area (TPSA) is 84.6 Å². The van der Waals surface area contributed by atoms with Gasteiger partial charge >= 0.3 is 0 Å². The van der Waals surface area contributed by atoms with E-state index >= 15 is 0 Å². The van der Waals surface area contributed by atoms with Gasteiger partial charge in [0.1, 0.15) is 17.4 Å². The van der Waals surface area contributed by atoms with Crippen LogP contribution in [-0.2, 0) is 4.84 Å². The van der Waals surface area contributed by atoms with Crippen LogP contribution >= 0.6 is 0 Å². The molecule has 2 rings (SSSR count). The largest absolute Gasteiger partial charge is 0.507 e. The predicted molar refractivity (Wildman–Crippen MR) is 75.9 cm³/mol. The van der Waals surface area contributed by atoms with Crippen LogP contribution in [0.5, 0.6) is 5.75 Å². The van der Waals surface area contributed by atoms with Gasteiger partial charge in [-0.3, -0.25) is 4.79 Å². The number of nitrogens with one attached hydrogen (secondary N) is 1. The summed E-state index contributed by atoms with van der Waals surface area (Å²) >= 11 is 0. The van der Waals surface area contributed by atoms with Gasteiger partial charge in [0, 0.05) is 18.2 Å². The maximum Gasteiger partial charge on any atom is 0.255 e. The van der Waals surface area contributed by atoms with E-state index in [-0.39, 0.29) is 30.0 Å². The van der Waals surface area contributed by atoms with Crippen LogP contribution in [0.25, 0.3) is 11.1 Å². The van der Waals surface area contributed by atoms with E-state index in [0.717, 1.165) is 12.1 Å². The lowest BCUT2D eigenvalue weighted by Gasteiger charge is -2.09. The molecule has 0 bridgehead atoms. The molecule has 2 aromatic carbocycles. The maximum absolute atomic E-state index is 13.8. The number of carbonyl (C=O) groups excluding carboxylic acids is 1. The summed E-state index contributed by atoms with van der Waals surface area (Å²) in [5, 5.41) is 12.2. The Kier molecular flexibility index (Phi) is 5.03. The molecule has 0 aliphatic carbocycles. The fourth-order valence-electron chi connectivity index (χ4n) is 1.93. The highest BCUT2D eigenvalue weighted by Gasteiger charge is 2.14. The molecule has 5 nitrogen and oxygen atoms in total. The molecule has 0 radical (unpaired) electrons. The van der Waals surface area contributed by atoms with Crippen LogP contribution in [0.1, 0.15) is 10.4 Å². The second-order valence-electron chi connectivity index (χ2n) is 4.48. The van der Waals surface area contributed by atoms with Crippen LogP contribution in [0.4, 0.5) is 8.78 Å². The van der Waals surface area contributed by atoms with Gasteiger partial charge in [0.25, 0.3) is 5.91 Å². The van der Waals surface area contributed by atoms with E-state index in [1.54, 1.807) is 0 Å². The van der Waals surface area contributed by atoms with Crippen molar-refractivity contribution in [3.8, 4) is 16.9 Å². The number of halogens is 2. The first-order chi connectivity index (χ1) is 10.5. The number of rotatable bonds is 5. The SMILES string of the molecule is NOCCNC(=O)c1cc(-c2ccc(F)cc2F)ccc1O. The van der Waals surface area contributed by atoms with Crippen molar-refractivity contribution in [2.75, 3.05) is 13.2 Å². The third kappa shape index (κ3) is 3.57. The van der Waals surface area contributed by atoms with Crippen LogP contribution in [-0.4, -0.2) is 24.2 Å². The van der Waals surface area contributed by atoms with E-state index in [0.29, 0.717) is 5.56 Å². The average molecular weight is 308 g/mol. The Hall–Kier alpha value is -2.51. The van der Waals surface area contributed by atoms with Crippen molar-refractivity contribution >= 4 is 5.91 Å². The highest BCUT2D eigenvalue weighted by Crippen LogP contribution is 2.28. The maximum atomic E-state index is 13.8. The van der Waals surface area contributed by atoms with Crippen LogP contribution < -0.4 is 11.2 Å². The van der Waals surface area contributed by atoms with E-state index in [2.05, 4.69) is 10.2 Å². The molecule has 0 saturated carbocycles. The number of carbonyl (C=O) groups is 1. The van der Waals surface area contributed by atoms with Gasteiger partial charge in [-0.15, -0.1) is 0 Å².